The van der Waals surface area contributed by atoms with Crippen LogP contribution in [0.25, 0.3) is 0 Å². The molecule has 0 saturated carbocycles. The highest BCUT2D eigenvalue weighted by molar-refractivity contribution is 5.99. The van der Waals surface area contributed by atoms with Crippen LogP contribution in [0.2, 0.25) is 0 Å². The van der Waals surface area contributed by atoms with Gasteiger partial charge in [-0.25, -0.2) is 4.79 Å². The van der Waals surface area contributed by atoms with Crippen LogP contribution < -0.4 is 43.0 Å². The number of benzene rings is 1. The molecule has 1 aromatic rings. The van der Waals surface area contributed by atoms with Crippen molar-refractivity contribution >= 4 is 59.3 Å². The minimum atomic E-state index is -2.01. The van der Waals surface area contributed by atoms with Crippen molar-refractivity contribution in [1.82, 2.24) is 37.2 Å². The van der Waals surface area contributed by atoms with Gasteiger partial charge in [-0.1, -0.05) is 60.1 Å². The quantitative estimate of drug-likeness (QED) is 0.0442. The van der Waals surface area contributed by atoms with E-state index in [-0.39, 0.29) is 36.8 Å². The van der Waals surface area contributed by atoms with Gasteiger partial charge in [0.05, 0.1) is 25.0 Å². The van der Waals surface area contributed by atoms with Gasteiger partial charge in [-0.3, -0.25) is 43.2 Å². The Morgan fingerprint density at radius 3 is 1.32 bits per heavy atom. The van der Waals surface area contributed by atoms with Crippen LogP contribution in [0.4, 0.5) is 0 Å². The number of carbonyl (C=O) groups is 10. The smallest absolute Gasteiger partial charge is 0.326 e. The topological polar surface area (TPSA) is 382 Å². The molecule has 23 nitrogen and oxygen atoms in total. The zero-order valence-electron chi connectivity index (χ0n) is 37.9. The molecule has 0 aliphatic rings. The molecule has 0 heterocycles. The second kappa shape index (κ2) is 27.1. The largest absolute Gasteiger partial charge is 0.508 e. The Morgan fingerprint density at radius 2 is 0.908 bits per heavy atom. The number of carbonyl (C=O) groups excluding carboxylic acids is 7. The lowest BCUT2D eigenvalue weighted by Gasteiger charge is -2.29. The van der Waals surface area contributed by atoms with Crippen molar-refractivity contribution in [2.75, 3.05) is 0 Å². The van der Waals surface area contributed by atoms with Crippen molar-refractivity contribution in [3.63, 3.8) is 0 Å². The normalized spacial score (nSPS) is 15.8. The maximum Gasteiger partial charge on any atom is 0.326 e. The van der Waals surface area contributed by atoms with Crippen molar-refractivity contribution in [3.05, 3.63) is 29.8 Å². The van der Waals surface area contributed by atoms with Gasteiger partial charge in [-0.2, -0.15) is 0 Å². The highest BCUT2D eigenvalue weighted by atomic mass is 16.4. The third-order valence-corrected chi connectivity index (χ3v) is 9.96. The number of phenolic OH excluding ortho intramolecular Hbond substituents is 1. The summed E-state index contributed by atoms with van der Waals surface area (Å²) in [6.07, 6.45) is -3.80. The van der Waals surface area contributed by atoms with Crippen LogP contribution in [0, 0.1) is 17.8 Å². The molecule has 0 spiro atoms. The van der Waals surface area contributed by atoms with Crippen LogP contribution in [-0.2, 0) is 54.4 Å². The average molecular weight is 923 g/mol. The molecule has 14 N–H and O–H groups in total. The predicted molar refractivity (Wildman–Crippen MR) is 231 cm³/mol. The number of nitrogens with one attached hydrogen (secondary N) is 7. The van der Waals surface area contributed by atoms with Gasteiger partial charge in [0.2, 0.25) is 41.4 Å². The summed E-state index contributed by atoms with van der Waals surface area (Å²) in [5.74, 6) is -13.0. The first-order valence-electron chi connectivity index (χ1n) is 21.2. The van der Waals surface area contributed by atoms with E-state index in [1.165, 1.54) is 38.1 Å². The number of carboxylic acid groups (broad SMARTS) is 3. The first kappa shape index (κ1) is 56.7. The van der Waals surface area contributed by atoms with E-state index in [1.807, 2.05) is 0 Å². The molecule has 0 saturated heterocycles. The number of amides is 7. The number of aromatic hydroxyl groups is 1. The molecule has 1 aromatic carbocycles. The number of aliphatic hydroxyl groups excluding tert-OH is 1. The molecule has 0 aromatic heterocycles. The molecule has 65 heavy (non-hydrogen) atoms. The fraction of sp³-hybridized carbons (Fsp3) is 0.619. The van der Waals surface area contributed by atoms with Gasteiger partial charge in [0, 0.05) is 6.42 Å². The molecule has 0 fully saturated rings. The molecule has 10 atom stereocenters. The fourth-order valence-corrected chi connectivity index (χ4v) is 6.23. The van der Waals surface area contributed by atoms with Crippen LogP contribution in [0.5, 0.6) is 5.75 Å². The van der Waals surface area contributed by atoms with Gasteiger partial charge >= 0.3 is 17.9 Å². The standard InChI is InChI=1S/C42H66N8O15/c1-9-21(6)33(49-35(57)22(7)43)40(62)50-34(23(8)51)41(63)47-26(14-19(2)3)36(58)45-29(18-32(55)56)39(61)46-28(17-31(53)54)38(60)44-27(16-24-10-12-25(52)13-11-24)37(59)48-30(42(64)65)15-20(4)5/h10-13,19-23,26-30,33-34,51-52H,9,14-18,43H2,1-8H3,(H,44,60)(H,45,58)(H,46,61)(H,47,63)(H,48,59)(H,49,57)(H,50,62)(H,53,54)(H,55,56)(H,64,65). The number of phenols is 1. The van der Waals surface area contributed by atoms with E-state index < -0.39 is 132 Å². The molecule has 0 bridgehead atoms. The average Bonchev–Trinajstić information content (AvgIpc) is 3.19. The number of aliphatic hydroxyl groups is 1. The SMILES string of the molecule is CCC(C)C(NC(=O)C(C)N)C(=O)NC(C(=O)NC(CC(C)C)C(=O)NC(CC(=O)O)C(=O)NC(CC(=O)O)C(=O)NC(Cc1ccc(O)cc1)C(=O)NC(CC(C)C)C(=O)O)C(C)O. The number of aliphatic carboxylic acids is 3. The third-order valence-electron chi connectivity index (χ3n) is 9.96. The Kier molecular flexibility index (Phi) is 23.6. The van der Waals surface area contributed by atoms with Crippen molar-refractivity contribution in [2.24, 2.45) is 23.5 Å². The van der Waals surface area contributed by atoms with Crippen LogP contribution in [-0.4, -0.2) is 139 Å². The number of hydrogen-bond donors (Lipinski definition) is 13. The summed E-state index contributed by atoms with van der Waals surface area (Å²) in [5.41, 5.74) is 6.02. The first-order valence-corrected chi connectivity index (χ1v) is 21.2. The summed E-state index contributed by atoms with van der Waals surface area (Å²) in [6, 6.07) is -6.97. The second-order valence-corrected chi connectivity index (χ2v) is 16.9. The van der Waals surface area contributed by atoms with Gasteiger partial charge in [0.15, 0.2) is 0 Å². The number of hydrogen-bond acceptors (Lipinski definition) is 13. The molecule has 23 heteroatoms. The summed E-state index contributed by atoms with van der Waals surface area (Å²) in [7, 11) is 0. The predicted octanol–water partition coefficient (Wildman–Crippen LogP) is -1.77. The monoisotopic (exact) mass is 922 g/mol. The van der Waals surface area contributed by atoms with Crippen molar-refractivity contribution < 1.29 is 73.5 Å². The van der Waals surface area contributed by atoms with Crippen LogP contribution in [0.3, 0.4) is 0 Å². The zero-order chi connectivity index (χ0) is 49.9. The summed E-state index contributed by atoms with van der Waals surface area (Å²) >= 11 is 0. The summed E-state index contributed by atoms with van der Waals surface area (Å²) in [5, 5.41) is 65.7. The second-order valence-electron chi connectivity index (χ2n) is 16.9. The van der Waals surface area contributed by atoms with E-state index in [0.29, 0.717) is 12.0 Å². The van der Waals surface area contributed by atoms with Gasteiger partial charge in [-0.05, 0) is 62.1 Å². The van der Waals surface area contributed by atoms with E-state index in [2.05, 4.69) is 37.2 Å². The molecule has 10 unspecified atom stereocenters. The van der Waals surface area contributed by atoms with Crippen molar-refractivity contribution in [3.8, 4) is 5.75 Å². The fourth-order valence-electron chi connectivity index (χ4n) is 6.23. The summed E-state index contributed by atoms with van der Waals surface area (Å²) in [6.45, 7) is 12.7. The van der Waals surface area contributed by atoms with Gasteiger partial charge in [-0.15, -0.1) is 0 Å². The van der Waals surface area contributed by atoms with Crippen LogP contribution in [0.1, 0.15) is 93.1 Å². The minimum Gasteiger partial charge on any atom is -0.508 e. The molecule has 0 aliphatic carbocycles. The maximum atomic E-state index is 13.8. The highest BCUT2D eigenvalue weighted by Crippen LogP contribution is 2.14. The Hall–Kier alpha value is -6.36. The molecule has 364 valence electrons. The van der Waals surface area contributed by atoms with E-state index in [9.17, 15) is 73.5 Å². The first-order chi connectivity index (χ1) is 30.2. The molecule has 1 rings (SSSR count). The highest BCUT2D eigenvalue weighted by Gasteiger charge is 2.37. The van der Waals surface area contributed by atoms with Crippen molar-refractivity contribution in [2.45, 2.75) is 148 Å². The maximum absolute atomic E-state index is 13.8. The van der Waals surface area contributed by atoms with Crippen molar-refractivity contribution in [1.29, 1.82) is 0 Å². The molecular weight excluding hydrogens is 857 g/mol. The van der Waals surface area contributed by atoms with E-state index in [4.69, 9.17) is 5.73 Å². The van der Waals surface area contributed by atoms with Gasteiger partial charge in [0.1, 0.15) is 48.0 Å². The lowest BCUT2D eigenvalue weighted by molar-refractivity contribution is -0.144. The van der Waals surface area contributed by atoms with Crippen LogP contribution in [0.15, 0.2) is 24.3 Å². The number of rotatable bonds is 28. The van der Waals surface area contributed by atoms with E-state index in [0.717, 1.165) is 0 Å². The minimum absolute atomic E-state index is 0.00347. The lowest BCUT2D eigenvalue weighted by Crippen LogP contribution is -2.62. The molecule has 0 radical (unpaired) electrons. The van der Waals surface area contributed by atoms with E-state index >= 15 is 0 Å². The molecule has 7 amide bonds. The van der Waals surface area contributed by atoms with Gasteiger partial charge in [0.25, 0.3) is 0 Å². The third kappa shape index (κ3) is 20.4. The zero-order valence-corrected chi connectivity index (χ0v) is 37.9. The Balaban J connectivity index is 3.46. The molecular formula is C42H66N8O15. The number of carboxylic acids is 3. The van der Waals surface area contributed by atoms with Gasteiger partial charge < -0.3 is 68.5 Å². The summed E-state index contributed by atoms with van der Waals surface area (Å²) < 4.78 is 0. The summed E-state index contributed by atoms with van der Waals surface area (Å²) in [4.78, 5) is 130. The molecule has 0 aliphatic heterocycles. The number of nitrogens with two attached hydrogens (primary N) is 1. The lowest BCUT2D eigenvalue weighted by atomic mass is 9.97. The Bertz CT molecular complexity index is 1840. The van der Waals surface area contributed by atoms with E-state index in [1.54, 1.807) is 41.5 Å². The Morgan fingerprint density at radius 1 is 0.523 bits per heavy atom. The van der Waals surface area contributed by atoms with Crippen LogP contribution >= 0.6 is 0 Å². The Labute approximate surface area is 376 Å².